The average Bonchev–Trinajstić information content (AvgIpc) is 3.06. The Morgan fingerprint density at radius 3 is 2.92 bits per heavy atom. The summed E-state index contributed by atoms with van der Waals surface area (Å²) in [5.74, 6) is 1.25. The van der Waals surface area contributed by atoms with E-state index in [0.717, 1.165) is 25.6 Å². The summed E-state index contributed by atoms with van der Waals surface area (Å²) in [5.41, 5.74) is 1.27. The van der Waals surface area contributed by atoms with Crippen LogP contribution in [0.3, 0.4) is 0 Å². The Morgan fingerprint density at radius 1 is 1.21 bits per heavy atom. The summed E-state index contributed by atoms with van der Waals surface area (Å²) in [7, 11) is 0. The molecule has 5 heteroatoms. The lowest BCUT2D eigenvalue weighted by Gasteiger charge is -2.34. The van der Waals surface area contributed by atoms with Crippen molar-refractivity contribution in [3.05, 3.63) is 18.0 Å². The van der Waals surface area contributed by atoms with Crippen LogP contribution in [-0.2, 0) is 11.3 Å². The van der Waals surface area contributed by atoms with Gasteiger partial charge >= 0.3 is 0 Å². The van der Waals surface area contributed by atoms with Crippen LogP contribution in [0.15, 0.2) is 12.3 Å². The molecule has 2 fully saturated rings. The Labute approximate surface area is 146 Å². The SMILES string of the molecule is C[C@@H]1CCCC[C@@H]1OCCN1CCC[C@@H](c2ccnn2CCO)C1. The molecule has 1 aromatic heterocycles. The van der Waals surface area contributed by atoms with Gasteiger partial charge in [-0.15, -0.1) is 0 Å². The lowest BCUT2D eigenvalue weighted by Crippen LogP contribution is -2.38. The van der Waals surface area contributed by atoms with Gasteiger partial charge in [0.2, 0.25) is 0 Å². The molecule has 2 aliphatic rings. The summed E-state index contributed by atoms with van der Waals surface area (Å²) in [5, 5.41) is 13.5. The zero-order valence-electron chi connectivity index (χ0n) is 15.1. The van der Waals surface area contributed by atoms with Crippen LogP contribution in [-0.4, -0.2) is 58.7 Å². The van der Waals surface area contributed by atoms with E-state index >= 15 is 0 Å². The molecule has 0 spiro atoms. The number of ether oxygens (including phenoxy) is 1. The smallest absolute Gasteiger partial charge is 0.0644 e. The van der Waals surface area contributed by atoms with Gasteiger partial charge in [0.15, 0.2) is 0 Å². The predicted molar refractivity (Wildman–Crippen MR) is 95.1 cm³/mol. The monoisotopic (exact) mass is 335 g/mol. The Bertz CT molecular complexity index is 491. The molecule has 1 aliphatic carbocycles. The molecule has 0 unspecified atom stereocenters. The maximum absolute atomic E-state index is 9.19. The van der Waals surface area contributed by atoms with Crippen LogP contribution in [0, 0.1) is 5.92 Å². The van der Waals surface area contributed by atoms with Crippen molar-refractivity contribution >= 4 is 0 Å². The quantitative estimate of drug-likeness (QED) is 0.832. The van der Waals surface area contributed by atoms with Gasteiger partial charge in [0.1, 0.15) is 0 Å². The number of hydrogen-bond donors (Lipinski definition) is 1. The van der Waals surface area contributed by atoms with E-state index < -0.39 is 0 Å². The molecule has 0 aromatic carbocycles. The first-order valence-corrected chi connectivity index (χ1v) is 9.74. The van der Waals surface area contributed by atoms with Crippen LogP contribution >= 0.6 is 0 Å². The second-order valence-electron chi connectivity index (χ2n) is 7.51. The highest BCUT2D eigenvalue weighted by Gasteiger charge is 2.25. The number of aliphatic hydroxyl groups excluding tert-OH is 1. The normalized spacial score (nSPS) is 29.0. The Morgan fingerprint density at radius 2 is 2.08 bits per heavy atom. The van der Waals surface area contributed by atoms with Crippen LogP contribution in [0.25, 0.3) is 0 Å². The van der Waals surface area contributed by atoms with Crippen molar-refractivity contribution in [3.8, 4) is 0 Å². The van der Waals surface area contributed by atoms with Crippen molar-refractivity contribution in [2.75, 3.05) is 32.8 Å². The van der Waals surface area contributed by atoms with Crippen LogP contribution < -0.4 is 0 Å². The molecule has 24 heavy (non-hydrogen) atoms. The van der Waals surface area contributed by atoms with Crippen LogP contribution in [0.4, 0.5) is 0 Å². The summed E-state index contributed by atoms with van der Waals surface area (Å²) >= 11 is 0. The van der Waals surface area contributed by atoms with Crippen LogP contribution in [0.2, 0.25) is 0 Å². The molecule has 1 aliphatic heterocycles. The summed E-state index contributed by atoms with van der Waals surface area (Å²) in [6.45, 7) is 7.24. The number of nitrogens with zero attached hydrogens (tertiary/aromatic N) is 3. The minimum atomic E-state index is 0.151. The number of aliphatic hydroxyl groups is 1. The first kappa shape index (κ1) is 17.9. The van der Waals surface area contributed by atoms with Crippen molar-refractivity contribution < 1.29 is 9.84 Å². The van der Waals surface area contributed by atoms with Crippen LogP contribution in [0.5, 0.6) is 0 Å². The highest BCUT2D eigenvalue weighted by molar-refractivity contribution is 5.10. The summed E-state index contributed by atoms with van der Waals surface area (Å²) in [6, 6.07) is 2.12. The van der Waals surface area contributed by atoms with Gasteiger partial charge in [0.05, 0.1) is 25.9 Å². The molecule has 1 saturated carbocycles. The molecule has 5 nitrogen and oxygen atoms in total. The maximum atomic E-state index is 9.19. The summed E-state index contributed by atoms with van der Waals surface area (Å²) < 4.78 is 8.16. The molecule has 1 saturated heterocycles. The van der Waals surface area contributed by atoms with E-state index in [-0.39, 0.29) is 6.61 Å². The lowest BCUT2D eigenvalue weighted by atomic mass is 9.88. The fourth-order valence-electron chi connectivity index (χ4n) is 4.33. The fraction of sp³-hybridized carbons (Fsp3) is 0.842. The van der Waals surface area contributed by atoms with Crippen molar-refractivity contribution in [1.29, 1.82) is 0 Å². The van der Waals surface area contributed by atoms with Gasteiger partial charge < -0.3 is 14.7 Å². The maximum Gasteiger partial charge on any atom is 0.0644 e. The van der Waals surface area contributed by atoms with Crippen molar-refractivity contribution in [3.63, 3.8) is 0 Å². The minimum Gasteiger partial charge on any atom is -0.394 e. The molecule has 3 atom stereocenters. The Balaban J connectivity index is 1.46. The number of piperidine rings is 1. The van der Waals surface area contributed by atoms with E-state index in [9.17, 15) is 5.11 Å². The number of hydrogen-bond acceptors (Lipinski definition) is 4. The zero-order valence-corrected chi connectivity index (χ0v) is 15.1. The van der Waals surface area contributed by atoms with E-state index in [2.05, 4.69) is 23.0 Å². The van der Waals surface area contributed by atoms with Gasteiger partial charge in [-0.2, -0.15) is 5.10 Å². The first-order valence-electron chi connectivity index (χ1n) is 9.74. The third kappa shape index (κ3) is 4.58. The molecule has 136 valence electrons. The summed E-state index contributed by atoms with van der Waals surface area (Å²) in [6.07, 6.45) is 10.0. The zero-order chi connectivity index (χ0) is 16.8. The second kappa shape index (κ2) is 8.97. The molecular weight excluding hydrogens is 302 g/mol. The Kier molecular flexibility index (Phi) is 6.69. The molecular formula is C19H33N3O2. The molecule has 1 aromatic rings. The molecule has 1 N–H and O–H groups in total. The molecule has 3 rings (SSSR count). The molecule has 0 amide bonds. The number of likely N-dealkylation sites (tertiary alicyclic amines) is 1. The third-order valence-corrected chi connectivity index (χ3v) is 5.76. The topological polar surface area (TPSA) is 50.5 Å². The fourth-order valence-corrected chi connectivity index (χ4v) is 4.33. The summed E-state index contributed by atoms with van der Waals surface area (Å²) in [4.78, 5) is 2.54. The number of rotatable bonds is 7. The first-order chi connectivity index (χ1) is 11.8. The van der Waals surface area contributed by atoms with Crippen LogP contribution in [0.1, 0.15) is 57.1 Å². The molecule has 0 bridgehead atoms. The number of aromatic nitrogens is 2. The van der Waals surface area contributed by atoms with Gasteiger partial charge in [-0.25, -0.2) is 0 Å². The van der Waals surface area contributed by atoms with E-state index in [1.807, 2.05) is 10.9 Å². The average molecular weight is 335 g/mol. The van der Waals surface area contributed by atoms with E-state index in [4.69, 9.17) is 4.74 Å². The third-order valence-electron chi connectivity index (χ3n) is 5.76. The van der Waals surface area contributed by atoms with Gasteiger partial charge in [0, 0.05) is 30.9 Å². The van der Waals surface area contributed by atoms with E-state index in [1.165, 1.54) is 50.8 Å². The van der Waals surface area contributed by atoms with Crippen molar-refractivity contribution in [1.82, 2.24) is 14.7 Å². The van der Waals surface area contributed by atoms with E-state index in [0.29, 0.717) is 18.6 Å². The molecule has 0 radical (unpaired) electrons. The Hall–Kier alpha value is -0.910. The second-order valence-corrected chi connectivity index (χ2v) is 7.51. The molecule has 2 heterocycles. The minimum absolute atomic E-state index is 0.151. The van der Waals surface area contributed by atoms with E-state index in [1.54, 1.807) is 0 Å². The highest BCUT2D eigenvalue weighted by Crippen LogP contribution is 2.28. The standard InChI is InChI=1S/C19H33N3O2/c1-16-5-2-3-7-19(16)24-14-12-21-10-4-6-17(15-21)18-8-9-20-22(18)11-13-23/h8-9,16-17,19,23H,2-7,10-15H2,1H3/t16-,17-,19+/m1/s1. The van der Waals surface area contributed by atoms with Gasteiger partial charge in [-0.05, 0) is 44.2 Å². The largest absolute Gasteiger partial charge is 0.394 e. The predicted octanol–water partition coefficient (Wildman–Crippen LogP) is 2.65. The lowest BCUT2D eigenvalue weighted by molar-refractivity contribution is -0.0160. The van der Waals surface area contributed by atoms with Gasteiger partial charge in [-0.3, -0.25) is 4.68 Å². The van der Waals surface area contributed by atoms with Gasteiger partial charge in [0.25, 0.3) is 0 Å². The highest BCUT2D eigenvalue weighted by atomic mass is 16.5. The van der Waals surface area contributed by atoms with Crippen molar-refractivity contribution in [2.45, 2.75) is 64.0 Å². The van der Waals surface area contributed by atoms with Crippen molar-refractivity contribution in [2.24, 2.45) is 5.92 Å². The van der Waals surface area contributed by atoms with Gasteiger partial charge in [-0.1, -0.05) is 19.8 Å².